The number of imidazole rings is 1. The van der Waals surface area contributed by atoms with E-state index in [1.807, 2.05) is 65.3 Å². The van der Waals surface area contributed by atoms with Crippen LogP contribution < -0.4 is 10.8 Å². The van der Waals surface area contributed by atoms with Crippen LogP contribution >= 0.6 is 7.82 Å². The molecular weight excluding hydrogens is 547 g/mol. The molecule has 1 unspecified atom stereocenters. The summed E-state index contributed by atoms with van der Waals surface area (Å²) in [6, 6.07) is 17.1. The first-order valence-corrected chi connectivity index (χ1v) is 14.7. The monoisotopic (exact) mass is 578 g/mol. The van der Waals surface area contributed by atoms with Crippen LogP contribution in [0.3, 0.4) is 0 Å². The largest absolute Gasteiger partial charge is 0.529 e. The smallest absolute Gasteiger partial charge is 0.382 e. The number of hydrogen-bond donors (Lipinski definition) is 2. The fourth-order valence-corrected chi connectivity index (χ4v) is 5.53. The van der Waals surface area contributed by atoms with Gasteiger partial charge in [-0.15, -0.1) is 0 Å². The van der Waals surface area contributed by atoms with Gasteiger partial charge in [0.25, 0.3) is 0 Å². The van der Waals surface area contributed by atoms with E-state index in [-0.39, 0.29) is 31.6 Å². The Balaban J connectivity index is 1.25. The third-order valence-electron chi connectivity index (χ3n) is 6.66. The summed E-state index contributed by atoms with van der Waals surface area (Å²) in [6.45, 7) is 1.92. The Labute approximate surface area is 237 Å². The van der Waals surface area contributed by atoms with Crippen LogP contribution in [0.4, 0.5) is 11.5 Å². The van der Waals surface area contributed by atoms with Crippen molar-refractivity contribution >= 4 is 36.5 Å². The molecule has 214 valence electrons. The summed E-state index contributed by atoms with van der Waals surface area (Å²) in [5, 5.41) is 1.41. The number of phosphoric acid groups is 1. The molecule has 0 saturated heterocycles. The Hall–Kier alpha value is -4.09. The number of nitrogens with two attached hydrogens (primary N) is 1. The average Bonchev–Trinajstić information content (AvgIpc) is 3.62. The van der Waals surface area contributed by atoms with Crippen molar-refractivity contribution in [2.24, 2.45) is 5.92 Å². The molecule has 5 rings (SSSR count). The molecule has 1 aliphatic rings. The summed E-state index contributed by atoms with van der Waals surface area (Å²) in [7, 11) is -4.76. The van der Waals surface area contributed by atoms with E-state index in [2.05, 4.69) is 15.0 Å². The van der Waals surface area contributed by atoms with Crippen LogP contribution in [-0.2, 0) is 29.7 Å². The van der Waals surface area contributed by atoms with Crippen molar-refractivity contribution in [2.45, 2.75) is 31.8 Å². The second-order valence-electron chi connectivity index (χ2n) is 9.49. The molecule has 4 atom stereocenters. The zero-order valence-electron chi connectivity index (χ0n) is 22.4. The minimum atomic E-state index is -4.76. The van der Waals surface area contributed by atoms with Gasteiger partial charge in [-0.25, -0.2) is 29.4 Å². The SMILES string of the molecule is CCON(c1ccccc1)[C@@H](Cc1ccccc1)C(=O)OP(=O)(O)OC[C@H]1C=C[C@@H](n2cnc3c(N)ncnc32)C1. The highest BCUT2D eigenvalue weighted by Crippen LogP contribution is 2.45. The van der Waals surface area contributed by atoms with E-state index in [0.717, 1.165) is 5.56 Å². The lowest BCUT2D eigenvalue weighted by Crippen LogP contribution is -2.44. The number of fused-ring (bicyclic) bond motifs is 1. The highest BCUT2D eigenvalue weighted by atomic mass is 31.2. The summed E-state index contributed by atoms with van der Waals surface area (Å²) in [5.41, 5.74) is 8.41. The molecule has 4 aromatic rings. The molecule has 1 aliphatic carbocycles. The third kappa shape index (κ3) is 6.80. The average molecular weight is 579 g/mol. The van der Waals surface area contributed by atoms with Gasteiger partial charge in [0.05, 0.1) is 31.3 Å². The Kier molecular flexibility index (Phi) is 8.75. The van der Waals surface area contributed by atoms with Crippen LogP contribution in [0.15, 0.2) is 85.5 Å². The number of para-hydroxylation sites is 1. The number of carbonyl (C=O) groups is 1. The van der Waals surface area contributed by atoms with Gasteiger partial charge in [-0.2, -0.15) is 0 Å². The van der Waals surface area contributed by atoms with Gasteiger partial charge in [-0.3, -0.25) is 14.3 Å². The van der Waals surface area contributed by atoms with Gasteiger partial charge >= 0.3 is 13.8 Å². The predicted molar refractivity (Wildman–Crippen MR) is 152 cm³/mol. The number of carbonyl (C=O) groups excluding carboxylic acids is 1. The normalized spacial score (nSPS) is 18.7. The number of hydroxylamine groups is 1. The highest BCUT2D eigenvalue weighted by molar-refractivity contribution is 7.48. The molecule has 3 N–H and O–H groups in total. The van der Waals surface area contributed by atoms with Gasteiger partial charge in [0.2, 0.25) is 0 Å². The molecule has 0 spiro atoms. The minimum Gasteiger partial charge on any atom is -0.382 e. The number of rotatable bonds is 12. The number of phosphoric ester groups is 1. The predicted octanol–water partition coefficient (Wildman–Crippen LogP) is 4.26. The number of hydrogen-bond acceptors (Lipinski definition) is 10. The van der Waals surface area contributed by atoms with Gasteiger partial charge in [0.1, 0.15) is 11.8 Å². The molecule has 0 saturated carbocycles. The first-order chi connectivity index (χ1) is 19.8. The van der Waals surface area contributed by atoms with Gasteiger partial charge in [0, 0.05) is 12.3 Å². The summed E-state index contributed by atoms with van der Waals surface area (Å²) in [4.78, 5) is 42.3. The molecule has 0 fully saturated rings. The molecule has 12 nitrogen and oxygen atoms in total. The maximum atomic E-state index is 13.4. The van der Waals surface area contributed by atoms with Crippen LogP contribution in [0, 0.1) is 5.92 Å². The number of benzene rings is 2. The van der Waals surface area contributed by atoms with E-state index in [0.29, 0.717) is 29.1 Å². The second-order valence-corrected chi connectivity index (χ2v) is 10.9. The van der Waals surface area contributed by atoms with Crippen molar-refractivity contribution in [3.63, 3.8) is 0 Å². The lowest BCUT2D eigenvalue weighted by Gasteiger charge is -2.31. The summed E-state index contributed by atoms with van der Waals surface area (Å²) in [5.74, 6) is -0.862. The van der Waals surface area contributed by atoms with Crippen LogP contribution in [-0.4, -0.2) is 49.6 Å². The van der Waals surface area contributed by atoms with Gasteiger partial charge in [0.15, 0.2) is 17.5 Å². The van der Waals surface area contributed by atoms with Crippen LogP contribution in [0.1, 0.15) is 24.9 Å². The van der Waals surface area contributed by atoms with Crippen molar-refractivity contribution in [1.82, 2.24) is 19.5 Å². The zero-order chi connectivity index (χ0) is 28.8. The molecule has 2 aromatic heterocycles. The molecule has 41 heavy (non-hydrogen) atoms. The standard InChI is InChI=1S/C28H31N6O6P/c1-2-38-34(22-11-7-4-8-12-22)24(16-20-9-5-3-6-10-20)28(35)40-41(36,37)39-17-21-13-14-23(15-21)33-19-32-25-26(29)30-18-31-27(25)33/h3-14,18-19,21,23-24H,2,15-17H2,1H3,(H,36,37)(H2,29,30,31)/t21-,23+,24-/m0/s1. The van der Waals surface area contributed by atoms with E-state index >= 15 is 0 Å². The first kappa shape index (κ1) is 28.4. The summed E-state index contributed by atoms with van der Waals surface area (Å²) in [6.07, 6.45) is 7.57. The van der Waals surface area contributed by atoms with E-state index in [1.54, 1.807) is 25.4 Å². The molecule has 0 amide bonds. The molecule has 0 bridgehead atoms. The van der Waals surface area contributed by atoms with E-state index in [9.17, 15) is 14.3 Å². The molecule has 0 radical (unpaired) electrons. The third-order valence-corrected chi connectivity index (χ3v) is 7.54. The highest BCUT2D eigenvalue weighted by Gasteiger charge is 2.36. The molecule has 2 aromatic carbocycles. The molecule has 13 heteroatoms. The van der Waals surface area contributed by atoms with Crippen LogP contribution in [0.5, 0.6) is 0 Å². The van der Waals surface area contributed by atoms with Crippen LogP contribution in [0.25, 0.3) is 11.2 Å². The number of nitrogen functional groups attached to an aromatic ring is 1. The van der Waals surface area contributed by atoms with E-state index in [1.165, 1.54) is 11.4 Å². The van der Waals surface area contributed by atoms with Crippen molar-refractivity contribution in [2.75, 3.05) is 24.0 Å². The summed E-state index contributed by atoms with van der Waals surface area (Å²) >= 11 is 0. The first-order valence-electron chi connectivity index (χ1n) is 13.2. The quantitative estimate of drug-likeness (QED) is 0.141. The van der Waals surface area contributed by atoms with Crippen LogP contribution in [0.2, 0.25) is 0 Å². The van der Waals surface area contributed by atoms with Gasteiger partial charge in [-0.1, -0.05) is 60.7 Å². The zero-order valence-corrected chi connectivity index (χ0v) is 23.3. The fourth-order valence-electron chi connectivity index (χ4n) is 4.74. The van der Waals surface area contributed by atoms with Crippen molar-refractivity contribution in [3.05, 3.63) is 91.0 Å². The topological polar surface area (TPSA) is 155 Å². The van der Waals surface area contributed by atoms with Gasteiger partial charge in [-0.05, 0) is 31.0 Å². The number of aromatic nitrogens is 4. The minimum absolute atomic E-state index is 0.107. The Morgan fingerprint density at radius 3 is 2.59 bits per heavy atom. The molecule has 2 heterocycles. The van der Waals surface area contributed by atoms with Crippen molar-refractivity contribution in [3.8, 4) is 0 Å². The number of anilines is 2. The van der Waals surface area contributed by atoms with Gasteiger partial charge < -0.3 is 14.8 Å². The Bertz CT molecular complexity index is 1550. The lowest BCUT2D eigenvalue weighted by molar-refractivity contribution is -0.139. The van der Waals surface area contributed by atoms with E-state index in [4.69, 9.17) is 19.6 Å². The maximum Gasteiger partial charge on any atom is 0.529 e. The Morgan fingerprint density at radius 2 is 1.85 bits per heavy atom. The second kappa shape index (κ2) is 12.6. The number of allylic oxidation sites excluding steroid dienone is 1. The summed E-state index contributed by atoms with van der Waals surface area (Å²) < 4.78 is 25.2. The number of nitrogens with zero attached hydrogens (tertiary/aromatic N) is 5. The van der Waals surface area contributed by atoms with Crippen molar-refractivity contribution in [1.29, 1.82) is 0 Å². The maximum absolute atomic E-state index is 13.4. The van der Waals surface area contributed by atoms with E-state index < -0.39 is 19.8 Å². The molecular formula is C28H31N6O6P. The molecule has 0 aliphatic heterocycles. The van der Waals surface area contributed by atoms with Crippen molar-refractivity contribution < 1.29 is 28.1 Å². The fraction of sp³-hybridized carbons (Fsp3) is 0.286. The Morgan fingerprint density at radius 1 is 1.12 bits per heavy atom. The lowest BCUT2D eigenvalue weighted by atomic mass is 10.1.